The molecule has 0 spiro atoms. The Kier molecular flexibility index (Phi) is 8.26. The largest absolute Gasteiger partial charge is 0.508 e. The molecular weight excluding hydrogens is 633 g/mol. The summed E-state index contributed by atoms with van der Waals surface area (Å²) in [5.74, 6) is -0.421. The Bertz CT molecular complexity index is 2040. The molecule has 8 rings (SSSR count). The topological polar surface area (TPSA) is 88.3 Å². The highest BCUT2D eigenvalue weighted by molar-refractivity contribution is 6.07. The Balaban J connectivity index is 1.29. The number of pyridine rings is 1. The number of aryl methyl sites for hydroxylation is 1. The summed E-state index contributed by atoms with van der Waals surface area (Å²) in [6, 6.07) is 7.84. The molecule has 1 saturated carbocycles. The maximum Gasteiger partial charge on any atom is 0.319 e. The number of hydrogen-bond acceptors (Lipinski definition) is 8. The van der Waals surface area contributed by atoms with Crippen LogP contribution in [-0.4, -0.2) is 88.3 Å². The van der Waals surface area contributed by atoms with Gasteiger partial charge in [0.05, 0.1) is 36.9 Å². The zero-order valence-corrected chi connectivity index (χ0v) is 27.9. The number of fused-ring (bicyclic) bond motifs is 4. The van der Waals surface area contributed by atoms with Crippen LogP contribution in [0.4, 0.5) is 19.0 Å². The van der Waals surface area contributed by atoms with E-state index in [9.17, 15) is 9.50 Å². The summed E-state index contributed by atoms with van der Waals surface area (Å²) in [5, 5.41) is 16.9. The van der Waals surface area contributed by atoms with Crippen LogP contribution < -0.4 is 9.64 Å². The highest BCUT2D eigenvalue weighted by atomic mass is 19.1. The number of phenols is 1. The highest BCUT2D eigenvalue weighted by Gasteiger charge is 2.45. The molecule has 2 aliphatic heterocycles. The lowest BCUT2D eigenvalue weighted by Gasteiger charge is -2.31. The average Bonchev–Trinajstić information content (AvgIpc) is 3.75. The van der Waals surface area contributed by atoms with Crippen LogP contribution in [0, 0.1) is 23.0 Å². The lowest BCUT2D eigenvalue weighted by Crippen LogP contribution is -2.39. The van der Waals surface area contributed by atoms with Crippen molar-refractivity contribution in [2.45, 2.75) is 52.1 Å². The molecule has 3 aromatic heterocycles. The predicted molar refractivity (Wildman–Crippen MR) is 182 cm³/mol. The number of halogens is 3. The van der Waals surface area contributed by atoms with E-state index in [4.69, 9.17) is 19.4 Å². The van der Waals surface area contributed by atoms with Crippen molar-refractivity contribution in [3.05, 3.63) is 53.7 Å². The summed E-state index contributed by atoms with van der Waals surface area (Å²) in [7, 11) is 0. The molecule has 1 atom stereocenters. The van der Waals surface area contributed by atoms with Gasteiger partial charge >= 0.3 is 6.01 Å². The molecule has 1 aliphatic carbocycles. The standard InChI is InChI=1S/C37H41F3N6O3/c1-3-26-28(39)5-4-23-16-25(47)17-27(30(23)26)34-32(40)33-31(29-6-11-41-46(29)34)35(45-14-15-48-19-22(2)18-45)43-36(42-33)49-21-37(9-10-37)20-44-12-7-24(38)8-13-44/h4-6,11,16-17,22,24,47H,3,7-10,12-15,18-21H2,1-2H3. The Morgan fingerprint density at radius 1 is 1.06 bits per heavy atom. The Labute approximate surface area is 282 Å². The van der Waals surface area contributed by atoms with Gasteiger partial charge in [-0.1, -0.05) is 19.9 Å². The van der Waals surface area contributed by atoms with Gasteiger partial charge in [-0.2, -0.15) is 15.1 Å². The molecule has 3 fully saturated rings. The number of alkyl halides is 1. The second-order valence-corrected chi connectivity index (χ2v) is 14.2. The highest BCUT2D eigenvalue weighted by Crippen LogP contribution is 2.47. The maximum absolute atomic E-state index is 17.4. The first-order chi connectivity index (χ1) is 23.7. The molecule has 258 valence electrons. The lowest BCUT2D eigenvalue weighted by atomic mass is 9.94. The number of benzene rings is 2. The van der Waals surface area contributed by atoms with Crippen LogP contribution in [0.25, 0.3) is 38.4 Å². The Morgan fingerprint density at radius 3 is 2.65 bits per heavy atom. The molecule has 12 heteroatoms. The maximum atomic E-state index is 17.4. The summed E-state index contributed by atoms with van der Waals surface area (Å²) in [6.07, 6.45) is 4.31. The second-order valence-electron chi connectivity index (χ2n) is 14.2. The van der Waals surface area contributed by atoms with Gasteiger partial charge in [0.25, 0.3) is 0 Å². The van der Waals surface area contributed by atoms with Crippen molar-refractivity contribution in [2.75, 3.05) is 57.4 Å². The van der Waals surface area contributed by atoms with E-state index in [1.165, 1.54) is 16.6 Å². The average molecular weight is 675 g/mol. The quantitative estimate of drug-likeness (QED) is 0.195. The fraction of sp³-hybridized carbons (Fsp3) is 0.486. The third kappa shape index (κ3) is 5.92. The van der Waals surface area contributed by atoms with Gasteiger partial charge in [-0.3, -0.25) is 0 Å². The summed E-state index contributed by atoms with van der Waals surface area (Å²) in [4.78, 5) is 14.1. The van der Waals surface area contributed by atoms with E-state index in [0.717, 1.165) is 32.5 Å². The Hall–Kier alpha value is -4.16. The number of aromatic hydroxyl groups is 1. The second kappa shape index (κ2) is 12.6. The number of hydrogen-bond donors (Lipinski definition) is 1. The van der Waals surface area contributed by atoms with Crippen molar-refractivity contribution >= 4 is 33.0 Å². The van der Waals surface area contributed by atoms with Gasteiger partial charge in [0, 0.05) is 43.7 Å². The van der Waals surface area contributed by atoms with Crippen LogP contribution in [0.2, 0.25) is 0 Å². The molecule has 0 radical (unpaired) electrons. The molecule has 2 aromatic carbocycles. The fourth-order valence-corrected chi connectivity index (χ4v) is 7.71. The first-order valence-corrected chi connectivity index (χ1v) is 17.4. The van der Waals surface area contributed by atoms with Gasteiger partial charge < -0.3 is 24.4 Å². The van der Waals surface area contributed by atoms with Gasteiger partial charge in [0.15, 0.2) is 5.82 Å². The molecule has 5 heterocycles. The van der Waals surface area contributed by atoms with Crippen molar-refractivity contribution in [3.8, 4) is 23.0 Å². The van der Waals surface area contributed by atoms with Crippen molar-refractivity contribution in [2.24, 2.45) is 11.3 Å². The van der Waals surface area contributed by atoms with E-state index in [-0.39, 0.29) is 34.3 Å². The van der Waals surface area contributed by atoms with E-state index in [1.54, 1.807) is 24.4 Å². The van der Waals surface area contributed by atoms with Gasteiger partial charge in [0.2, 0.25) is 0 Å². The smallest absolute Gasteiger partial charge is 0.319 e. The van der Waals surface area contributed by atoms with E-state index >= 15 is 8.78 Å². The molecule has 1 unspecified atom stereocenters. The molecule has 5 aromatic rings. The van der Waals surface area contributed by atoms with E-state index < -0.39 is 17.8 Å². The van der Waals surface area contributed by atoms with Gasteiger partial charge in [-0.25, -0.2) is 17.7 Å². The number of likely N-dealkylation sites (tertiary alicyclic amines) is 1. The molecule has 0 bridgehead atoms. The van der Waals surface area contributed by atoms with Crippen molar-refractivity contribution < 1.29 is 27.8 Å². The van der Waals surface area contributed by atoms with E-state index in [2.05, 4.69) is 21.8 Å². The normalized spacial score (nSPS) is 20.3. The number of piperidine rings is 1. The van der Waals surface area contributed by atoms with E-state index in [0.29, 0.717) is 90.8 Å². The van der Waals surface area contributed by atoms with Crippen molar-refractivity contribution in [3.63, 3.8) is 0 Å². The molecule has 49 heavy (non-hydrogen) atoms. The molecule has 9 nitrogen and oxygen atoms in total. The minimum Gasteiger partial charge on any atom is -0.508 e. The van der Waals surface area contributed by atoms with Crippen molar-refractivity contribution in [1.29, 1.82) is 0 Å². The monoisotopic (exact) mass is 674 g/mol. The minimum atomic E-state index is -0.730. The zero-order valence-electron chi connectivity index (χ0n) is 27.9. The molecule has 0 amide bonds. The lowest BCUT2D eigenvalue weighted by molar-refractivity contribution is 0.107. The van der Waals surface area contributed by atoms with Crippen LogP contribution in [-0.2, 0) is 11.2 Å². The van der Waals surface area contributed by atoms with Gasteiger partial charge in [-0.15, -0.1) is 0 Å². The van der Waals surface area contributed by atoms with Gasteiger partial charge in [0.1, 0.15) is 34.8 Å². The minimum absolute atomic E-state index is 0.0571. The summed E-state index contributed by atoms with van der Waals surface area (Å²) < 4.78 is 60.1. The molecular formula is C37H41F3N6O3. The summed E-state index contributed by atoms with van der Waals surface area (Å²) in [6.45, 7) is 8.88. The summed E-state index contributed by atoms with van der Waals surface area (Å²) >= 11 is 0. The molecule has 1 N–H and O–H groups in total. The first kappa shape index (κ1) is 32.1. The van der Waals surface area contributed by atoms with Crippen molar-refractivity contribution in [1.82, 2.24) is 24.5 Å². The first-order valence-electron chi connectivity index (χ1n) is 17.4. The van der Waals surface area contributed by atoms with Crippen LogP contribution in [0.15, 0.2) is 36.5 Å². The van der Waals surface area contributed by atoms with Crippen LogP contribution in [0.5, 0.6) is 11.8 Å². The van der Waals surface area contributed by atoms with Gasteiger partial charge in [-0.05, 0) is 78.6 Å². The Morgan fingerprint density at radius 2 is 1.88 bits per heavy atom. The zero-order chi connectivity index (χ0) is 33.9. The number of rotatable bonds is 8. The number of phenolic OH excluding ortho intramolecular Hbond substituents is 1. The molecule has 2 saturated heterocycles. The van der Waals surface area contributed by atoms with Crippen LogP contribution in [0.1, 0.15) is 45.1 Å². The molecule has 3 aliphatic rings. The number of aromatic nitrogens is 4. The number of ether oxygens (including phenoxy) is 2. The van der Waals surface area contributed by atoms with Crippen LogP contribution in [0.3, 0.4) is 0 Å². The van der Waals surface area contributed by atoms with Crippen LogP contribution >= 0.6 is 0 Å². The van der Waals surface area contributed by atoms with E-state index in [1.807, 2.05) is 6.92 Å². The predicted octanol–water partition coefficient (Wildman–Crippen LogP) is 6.71. The third-order valence-corrected chi connectivity index (χ3v) is 10.4. The number of nitrogens with zero attached hydrogens (tertiary/aromatic N) is 6. The number of anilines is 1. The SMILES string of the molecule is CCc1c(F)ccc2cc(O)cc(-c3c(F)c4nc(OCC5(CN6CCC(F)CC6)CC5)nc(N5CCOCC(C)C5)c4c4ccnn34)c12. The fourth-order valence-electron chi connectivity index (χ4n) is 7.71. The summed E-state index contributed by atoms with van der Waals surface area (Å²) in [5.41, 5.74) is 1.35. The third-order valence-electron chi connectivity index (χ3n) is 10.4.